The minimum Gasteiger partial charge on any atom is -0.298 e. The molecule has 0 spiro atoms. The highest BCUT2D eigenvalue weighted by molar-refractivity contribution is 6.31. The van der Waals surface area contributed by atoms with Gasteiger partial charge in [0.25, 0.3) is 0 Å². The molecule has 0 fully saturated rings. The fraction of sp³-hybridized carbons (Fsp3) is 0.364. The second-order valence-electron chi connectivity index (χ2n) is 3.90. The second-order valence-corrected chi connectivity index (χ2v) is 4.30. The van der Waals surface area contributed by atoms with Gasteiger partial charge in [-0.25, -0.2) is 4.39 Å². The predicted molar refractivity (Wildman–Crippen MR) is 55.7 cm³/mol. The van der Waals surface area contributed by atoms with Gasteiger partial charge in [0.05, 0.1) is 0 Å². The lowest BCUT2D eigenvalue weighted by molar-refractivity contribution is -0.273. The molecule has 0 aliphatic heterocycles. The lowest BCUT2D eigenvalue weighted by Crippen LogP contribution is -2.43. The number of alkyl halides is 6. The van der Waals surface area contributed by atoms with Crippen LogP contribution in [0.3, 0.4) is 0 Å². The zero-order valence-corrected chi connectivity index (χ0v) is 10.2. The summed E-state index contributed by atoms with van der Waals surface area (Å²) in [4.78, 5) is 11.3. The first kappa shape index (κ1) is 16.7. The van der Waals surface area contributed by atoms with E-state index in [0.29, 0.717) is 6.07 Å². The van der Waals surface area contributed by atoms with Crippen molar-refractivity contribution in [2.45, 2.75) is 18.8 Å². The Morgan fingerprint density at radius 3 is 2.00 bits per heavy atom. The van der Waals surface area contributed by atoms with Crippen LogP contribution in [-0.2, 0) is 11.2 Å². The summed E-state index contributed by atoms with van der Waals surface area (Å²) in [6.45, 7) is 0. The molecular weight excluding hydrogens is 317 g/mol. The van der Waals surface area contributed by atoms with Gasteiger partial charge in [-0.2, -0.15) is 26.3 Å². The van der Waals surface area contributed by atoms with Crippen LogP contribution in [0.2, 0.25) is 5.02 Å². The molecule has 0 aromatic heterocycles. The van der Waals surface area contributed by atoms with Gasteiger partial charge in [0.2, 0.25) is 5.92 Å². The Balaban J connectivity index is 3.04. The third-order valence-corrected chi connectivity index (χ3v) is 2.71. The summed E-state index contributed by atoms with van der Waals surface area (Å²) in [6, 6.07) is 2.34. The van der Waals surface area contributed by atoms with E-state index in [1.807, 2.05) is 0 Å². The van der Waals surface area contributed by atoms with E-state index in [0.717, 1.165) is 12.1 Å². The molecule has 0 aliphatic carbocycles. The third kappa shape index (κ3) is 4.09. The van der Waals surface area contributed by atoms with Crippen LogP contribution in [0.15, 0.2) is 18.2 Å². The van der Waals surface area contributed by atoms with Crippen LogP contribution in [0.4, 0.5) is 30.7 Å². The van der Waals surface area contributed by atoms with Crippen molar-refractivity contribution in [1.82, 2.24) is 0 Å². The van der Waals surface area contributed by atoms with E-state index >= 15 is 0 Å². The Kier molecular flexibility index (Phi) is 4.68. The molecule has 1 rings (SSSR count). The Hall–Kier alpha value is -1.31. The van der Waals surface area contributed by atoms with Crippen LogP contribution < -0.4 is 0 Å². The van der Waals surface area contributed by atoms with Gasteiger partial charge in [-0.1, -0.05) is 17.7 Å². The van der Waals surface area contributed by atoms with Gasteiger partial charge in [0.15, 0.2) is 5.78 Å². The van der Waals surface area contributed by atoms with Crippen molar-refractivity contribution in [2.24, 2.45) is 5.92 Å². The highest BCUT2D eigenvalue weighted by Gasteiger charge is 2.60. The number of Topliss-reactive ketones (excluding diaryl/α,β-unsaturated/α-hetero) is 1. The summed E-state index contributed by atoms with van der Waals surface area (Å²) in [5, 5.41) is -0.415. The molecule has 1 nitrogen and oxygen atoms in total. The van der Waals surface area contributed by atoms with Crippen molar-refractivity contribution < 1.29 is 35.5 Å². The Labute approximate surface area is 113 Å². The van der Waals surface area contributed by atoms with E-state index in [4.69, 9.17) is 11.6 Å². The highest BCUT2D eigenvalue weighted by atomic mass is 35.5. The zero-order chi connectivity index (χ0) is 15.7. The normalized spacial score (nSPS) is 12.8. The Morgan fingerprint density at radius 1 is 1.10 bits per heavy atom. The van der Waals surface area contributed by atoms with Gasteiger partial charge >= 0.3 is 12.4 Å². The van der Waals surface area contributed by atoms with Crippen molar-refractivity contribution in [1.29, 1.82) is 0 Å². The highest BCUT2D eigenvalue weighted by Crippen LogP contribution is 2.40. The molecule has 0 aliphatic rings. The molecule has 0 atom stereocenters. The summed E-state index contributed by atoms with van der Waals surface area (Å²) in [5.41, 5.74) is -0.309. The first-order valence-electron chi connectivity index (χ1n) is 5.03. The topological polar surface area (TPSA) is 17.1 Å². The molecule has 0 N–H and O–H groups in total. The monoisotopic (exact) mass is 322 g/mol. The number of carbonyl (C=O) groups is 1. The van der Waals surface area contributed by atoms with Crippen LogP contribution in [0.25, 0.3) is 0 Å². The maximum Gasteiger partial charge on any atom is 0.407 e. The fourth-order valence-corrected chi connectivity index (χ4v) is 1.74. The summed E-state index contributed by atoms with van der Waals surface area (Å²) in [5.74, 6) is -7.01. The van der Waals surface area contributed by atoms with Gasteiger partial charge in [-0.3, -0.25) is 4.79 Å². The van der Waals surface area contributed by atoms with Crippen molar-refractivity contribution >= 4 is 17.4 Å². The van der Waals surface area contributed by atoms with Gasteiger partial charge in [0, 0.05) is 11.4 Å². The average molecular weight is 323 g/mol. The molecule has 112 valence electrons. The van der Waals surface area contributed by atoms with Crippen molar-refractivity contribution in [3.63, 3.8) is 0 Å². The largest absolute Gasteiger partial charge is 0.407 e. The number of ketones is 1. The van der Waals surface area contributed by atoms with Gasteiger partial charge in [-0.15, -0.1) is 0 Å². The molecule has 0 bridgehead atoms. The standard InChI is InChI=1S/C11H6ClF7O/c12-7-4-6(13)2-1-5(7)3-8(20)9(10(14,15)16)11(17,18)19/h1-2,4,9H,3H2. The number of hydrogen-bond donors (Lipinski definition) is 0. The maximum atomic E-state index is 12.7. The van der Waals surface area contributed by atoms with Crippen LogP contribution >= 0.6 is 11.6 Å². The second kappa shape index (κ2) is 5.59. The summed E-state index contributed by atoms with van der Waals surface area (Å²) >= 11 is 5.45. The number of carbonyl (C=O) groups excluding carboxylic acids is 1. The van der Waals surface area contributed by atoms with Gasteiger partial charge < -0.3 is 0 Å². The van der Waals surface area contributed by atoms with Crippen molar-refractivity contribution in [3.05, 3.63) is 34.6 Å². The molecule has 1 aromatic carbocycles. The van der Waals surface area contributed by atoms with E-state index in [1.165, 1.54) is 0 Å². The van der Waals surface area contributed by atoms with E-state index in [1.54, 1.807) is 0 Å². The number of hydrogen-bond acceptors (Lipinski definition) is 1. The molecule has 0 saturated heterocycles. The summed E-state index contributed by atoms with van der Waals surface area (Å²) < 4.78 is 86.5. The number of halogens is 8. The zero-order valence-electron chi connectivity index (χ0n) is 9.45. The minimum absolute atomic E-state index is 0.309. The molecule has 0 heterocycles. The molecule has 0 amide bonds. The summed E-state index contributed by atoms with van der Waals surface area (Å²) in [6.07, 6.45) is -12.7. The Morgan fingerprint density at radius 2 is 1.60 bits per heavy atom. The quantitative estimate of drug-likeness (QED) is 0.757. The summed E-state index contributed by atoms with van der Waals surface area (Å²) in [7, 11) is 0. The van der Waals surface area contributed by atoms with Crippen molar-refractivity contribution in [2.75, 3.05) is 0 Å². The molecule has 9 heteroatoms. The number of rotatable bonds is 3. The lowest BCUT2D eigenvalue weighted by Gasteiger charge is -2.21. The van der Waals surface area contributed by atoms with Gasteiger partial charge in [-0.05, 0) is 17.7 Å². The van der Waals surface area contributed by atoms with Crippen LogP contribution in [0.1, 0.15) is 5.56 Å². The van der Waals surface area contributed by atoms with E-state index < -0.39 is 41.3 Å². The molecular formula is C11H6ClF7O. The van der Waals surface area contributed by atoms with Crippen LogP contribution in [-0.4, -0.2) is 18.1 Å². The van der Waals surface area contributed by atoms with E-state index in [9.17, 15) is 35.5 Å². The first-order valence-corrected chi connectivity index (χ1v) is 5.41. The molecule has 0 unspecified atom stereocenters. The minimum atomic E-state index is -5.75. The van der Waals surface area contributed by atoms with Crippen LogP contribution in [0, 0.1) is 11.7 Å². The Bertz CT molecular complexity index is 492. The molecule has 20 heavy (non-hydrogen) atoms. The van der Waals surface area contributed by atoms with Gasteiger partial charge in [0.1, 0.15) is 5.82 Å². The van der Waals surface area contributed by atoms with E-state index in [2.05, 4.69) is 0 Å². The molecule has 0 radical (unpaired) electrons. The average Bonchev–Trinajstić information content (AvgIpc) is 2.17. The predicted octanol–water partition coefficient (Wildman–Crippen LogP) is 4.33. The van der Waals surface area contributed by atoms with Crippen molar-refractivity contribution in [3.8, 4) is 0 Å². The third-order valence-electron chi connectivity index (χ3n) is 2.36. The smallest absolute Gasteiger partial charge is 0.298 e. The first-order chi connectivity index (χ1) is 8.93. The lowest BCUT2D eigenvalue weighted by atomic mass is 9.96. The number of benzene rings is 1. The van der Waals surface area contributed by atoms with E-state index in [-0.39, 0.29) is 5.56 Å². The fourth-order valence-electron chi connectivity index (χ4n) is 1.51. The van der Waals surface area contributed by atoms with Crippen LogP contribution in [0.5, 0.6) is 0 Å². The SMILES string of the molecule is O=C(Cc1ccc(F)cc1Cl)C(C(F)(F)F)C(F)(F)F. The molecule has 1 aromatic rings. The molecule has 0 saturated carbocycles. The maximum absolute atomic E-state index is 12.7.